The second-order valence-corrected chi connectivity index (χ2v) is 11.3. The van der Waals surface area contributed by atoms with Gasteiger partial charge in [-0.1, -0.05) is 39.0 Å². The number of rotatable bonds is 9. The molecule has 41 heavy (non-hydrogen) atoms. The molecule has 1 aromatic heterocycles. The van der Waals surface area contributed by atoms with Crippen LogP contribution in [0.4, 0.5) is 17.2 Å². The van der Waals surface area contributed by atoms with E-state index in [-0.39, 0.29) is 17.7 Å². The monoisotopic (exact) mass is 561 g/mol. The maximum absolute atomic E-state index is 13.8. The number of ether oxygens (including phenoxy) is 1. The van der Waals surface area contributed by atoms with E-state index < -0.39 is 23.5 Å². The van der Waals surface area contributed by atoms with Crippen molar-refractivity contribution in [2.45, 2.75) is 58.7 Å². The van der Waals surface area contributed by atoms with Gasteiger partial charge in [0.25, 0.3) is 0 Å². The quantitative estimate of drug-likeness (QED) is 0.312. The zero-order valence-corrected chi connectivity index (χ0v) is 24.4. The number of para-hydroxylation sites is 1. The van der Waals surface area contributed by atoms with Crippen LogP contribution in [-0.4, -0.2) is 71.4 Å². The molecule has 3 atom stereocenters. The molecule has 4 rings (SSSR count). The number of likely N-dealkylation sites (N-methyl/N-ethyl adjacent to an activating group) is 1. The molecule has 1 aliphatic heterocycles. The maximum Gasteiger partial charge on any atom is 0.247 e. The first-order valence-corrected chi connectivity index (χ1v) is 13.8. The van der Waals surface area contributed by atoms with E-state index in [2.05, 4.69) is 31.2 Å². The van der Waals surface area contributed by atoms with Gasteiger partial charge in [-0.05, 0) is 50.4 Å². The topological polar surface area (TPSA) is 138 Å². The van der Waals surface area contributed by atoms with Gasteiger partial charge in [-0.25, -0.2) is 9.97 Å². The van der Waals surface area contributed by atoms with Crippen molar-refractivity contribution >= 4 is 45.8 Å². The van der Waals surface area contributed by atoms with E-state index in [4.69, 9.17) is 4.74 Å². The Labute approximate surface area is 240 Å². The summed E-state index contributed by atoms with van der Waals surface area (Å²) in [5, 5.41) is 12.8. The van der Waals surface area contributed by atoms with Gasteiger partial charge in [0, 0.05) is 23.7 Å². The molecule has 1 aliphatic rings. The second kappa shape index (κ2) is 12.5. The van der Waals surface area contributed by atoms with Gasteiger partial charge in [-0.3, -0.25) is 14.4 Å². The minimum atomic E-state index is -0.793. The van der Waals surface area contributed by atoms with Crippen LogP contribution in [0.2, 0.25) is 0 Å². The number of methoxy groups -OCH3 is 1. The summed E-state index contributed by atoms with van der Waals surface area (Å²) in [5.74, 6) is 0.137. The highest BCUT2D eigenvalue weighted by Gasteiger charge is 2.42. The van der Waals surface area contributed by atoms with Crippen LogP contribution in [0, 0.1) is 5.41 Å². The van der Waals surface area contributed by atoms with Gasteiger partial charge < -0.3 is 30.9 Å². The van der Waals surface area contributed by atoms with Gasteiger partial charge >= 0.3 is 0 Å². The average molecular weight is 562 g/mol. The molecule has 0 bridgehead atoms. The highest BCUT2D eigenvalue weighted by atomic mass is 16.5. The van der Waals surface area contributed by atoms with Crippen LogP contribution >= 0.6 is 0 Å². The molecule has 11 nitrogen and oxygen atoms in total. The predicted octanol–water partition coefficient (Wildman–Crippen LogP) is 3.45. The van der Waals surface area contributed by atoms with Gasteiger partial charge in [0.1, 0.15) is 30.0 Å². The lowest BCUT2D eigenvalue weighted by Gasteiger charge is -2.36. The van der Waals surface area contributed by atoms with Crippen molar-refractivity contribution in [3.8, 4) is 5.75 Å². The van der Waals surface area contributed by atoms with Crippen molar-refractivity contribution in [2.24, 2.45) is 5.41 Å². The molecule has 2 aromatic carbocycles. The van der Waals surface area contributed by atoms with E-state index in [1.807, 2.05) is 51.1 Å². The van der Waals surface area contributed by atoms with E-state index in [1.54, 1.807) is 31.0 Å². The van der Waals surface area contributed by atoms with Crippen LogP contribution in [-0.2, 0) is 14.4 Å². The fourth-order valence-electron chi connectivity index (χ4n) is 4.84. The van der Waals surface area contributed by atoms with Crippen LogP contribution in [0.15, 0.2) is 48.8 Å². The Balaban J connectivity index is 1.59. The third-order valence-corrected chi connectivity index (χ3v) is 7.32. The molecular weight excluding hydrogens is 522 g/mol. The molecule has 1 fully saturated rings. The van der Waals surface area contributed by atoms with Crippen molar-refractivity contribution in [3.63, 3.8) is 0 Å². The van der Waals surface area contributed by atoms with Gasteiger partial charge in [-0.15, -0.1) is 0 Å². The number of carbonyl (C=O) groups is 3. The number of benzene rings is 2. The third-order valence-electron chi connectivity index (χ3n) is 7.32. The first-order chi connectivity index (χ1) is 19.5. The van der Waals surface area contributed by atoms with Crippen LogP contribution in [0.25, 0.3) is 10.9 Å². The Morgan fingerprint density at radius 3 is 2.49 bits per heavy atom. The van der Waals surface area contributed by atoms with Crippen molar-refractivity contribution in [3.05, 3.63) is 48.8 Å². The van der Waals surface area contributed by atoms with E-state index in [0.29, 0.717) is 47.5 Å². The summed E-state index contributed by atoms with van der Waals surface area (Å²) in [7, 11) is 3.21. The summed E-state index contributed by atoms with van der Waals surface area (Å²) in [6, 6.07) is 11.2. The summed E-state index contributed by atoms with van der Waals surface area (Å²) in [5.41, 5.74) is 1.39. The van der Waals surface area contributed by atoms with Crippen LogP contribution < -0.4 is 26.0 Å². The SMILES string of the molecule is CNC(C)C(=O)NC(C(=O)N1CCCC1C(=O)Nc1cc2c(Nc3ccccc3)ncnc2cc1OC)C(C)(C)C. The maximum atomic E-state index is 13.8. The predicted molar refractivity (Wildman–Crippen MR) is 159 cm³/mol. The zero-order valence-electron chi connectivity index (χ0n) is 24.4. The molecule has 4 N–H and O–H groups in total. The number of hydrogen-bond acceptors (Lipinski definition) is 8. The number of likely N-dealkylation sites (tertiary alicyclic amines) is 1. The van der Waals surface area contributed by atoms with E-state index >= 15 is 0 Å². The summed E-state index contributed by atoms with van der Waals surface area (Å²) in [4.78, 5) is 50.5. The lowest BCUT2D eigenvalue weighted by Crippen LogP contribution is -2.59. The van der Waals surface area contributed by atoms with Gasteiger partial charge in [0.2, 0.25) is 17.7 Å². The molecule has 0 aliphatic carbocycles. The number of anilines is 3. The molecule has 3 amide bonds. The molecule has 0 saturated carbocycles. The second-order valence-electron chi connectivity index (χ2n) is 11.3. The molecule has 3 unspecified atom stereocenters. The summed E-state index contributed by atoms with van der Waals surface area (Å²) in [6.07, 6.45) is 2.65. The Morgan fingerprint density at radius 1 is 1.10 bits per heavy atom. The van der Waals surface area contributed by atoms with E-state index in [1.165, 1.54) is 13.4 Å². The number of hydrogen-bond donors (Lipinski definition) is 4. The minimum absolute atomic E-state index is 0.274. The van der Waals surface area contributed by atoms with E-state index in [9.17, 15) is 14.4 Å². The number of amides is 3. The minimum Gasteiger partial charge on any atom is -0.494 e. The zero-order chi connectivity index (χ0) is 29.7. The lowest BCUT2D eigenvalue weighted by atomic mass is 9.85. The summed E-state index contributed by atoms with van der Waals surface area (Å²) < 4.78 is 5.58. The first kappa shape index (κ1) is 29.7. The highest BCUT2D eigenvalue weighted by Crippen LogP contribution is 2.34. The van der Waals surface area contributed by atoms with Crippen LogP contribution in [0.1, 0.15) is 40.5 Å². The molecule has 218 valence electrons. The molecule has 2 heterocycles. The molecule has 11 heteroatoms. The van der Waals surface area contributed by atoms with Crippen molar-refractivity contribution in [1.29, 1.82) is 0 Å². The van der Waals surface area contributed by atoms with Gasteiger partial charge in [-0.2, -0.15) is 0 Å². The molecule has 3 aromatic rings. The average Bonchev–Trinajstić information content (AvgIpc) is 3.45. The normalized spacial score (nSPS) is 16.6. The number of nitrogens with one attached hydrogen (secondary N) is 4. The Kier molecular flexibility index (Phi) is 9.07. The molecule has 0 spiro atoms. The Morgan fingerprint density at radius 2 is 1.83 bits per heavy atom. The highest BCUT2D eigenvalue weighted by molar-refractivity contribution is 6.03. The standard InChI is InChI=1S/C30H39N7O4/c1-18(31-5)27(38)36-25(30(2,3)4)29(40)37-14-10-13-23(37)28(39)35-22-15-20-21(16-24(22)41-6)32-17-33-26(20)34-19-11-8-7-9-12-19/h7-9,11-12,15-18,23,25,31H,10,13-14H2,1-6H3,(H,35,39)(H,36,38)(H,32,33,34). The number of nitrogens with zero attached hydrogens (tertiary/aromatic N) is 3. The lowest BCUT2D eigenvalue weighted by molar-refractivity contribution is -0.143. The largest absolute Gasteiger partial charge is 0.494 e. The van der Waals surface area contributed by atoms with Crippen molar-refractivity contribution in [2.75, 3.05) is 31.3 Å². The van der Waals surface area contributed by atoms with Crippen LogP contribution in [0.3, 0.4) is 0 Å². The smallest absolute Gasteiger partial charge is 0.247 e. The first-order valence-electron chi connectivity index (χ1n) is 13.8. The number of aromatic nitrogens is 2. The van der Waals surface area contributed by atoms with Crippen molar-refractivity contribution < 1.29 is 19.1 Å². The number of fused-ring (bicyclic) bond motifs is 1. The molecular formula is C30H39N7O4. The fourth-order valence-corrected chi connectivity index (χ4v) is 4.84. The number of carbonyl (C=O) groups excluding carboxylic acids is 3. The summed E-state index contributed by atoms with van der Waals surface area (Å²) in [6.45, 7) is 7.85. The summed E-state index contributed by atoms with van der Waals surface area (Å²) >= 11 is 0. The molecule has 0 radical (unpaired) electrons. The van der Waals surface area contributed by atoms with Crippen LogP contribution in [0.5, 0.6) is 5.75 Å². The van der Waals surface area contributed by atoms with Crippen molar-refractivity contribution in [1.82, 2.24) is 25.5 Å². The van der Waals surface area contributed by atoms with E-state index in [0.717, 1.165) is 5.69 Å². The van der Waals surface area contributed by atoms with Gasteiger partial charge in [0.05, 0.1) is 24.4 Å². The van der Waals surface area contributed by atoms with Gasteiger partial charge in [0.15, 0.2) is 0 Å². The Hall–Kier alpha value is -4.25. The molecule has 1 saturated heterocycles. The fraction of sp³-hybridized carbons (Fsp3) is 0.433. The third kappa shape index (κ3) is 6.74. The Bertz CT molecular complexity index is 1410.